The van der Waals surface area contributed by atoms with E-state index >= 15 is 0 Å². The molecule has 1 aromatic rings. The zero-order valence-electron chi connectivity index (χ0n) is 13.8. The lowest BCUT2D eigenvalue weighted by Crippen LogP contribution is -2.30. The molecule has 1 fully saturated rings. The highest BCUT2D eigenvalue weighted by Gasteiger charge is 2.29. The van der Waals surface area contributed by atoms with Gasteiger partial charge in [-0.15, -0.1) is 11.3 Å². The average Bonchev–Trinajstić information content (AvgIpc) is 2.90. The summed E-state index contributed by atoms with van der Waals surface area (Å²) in [5.41, 5.74) is 3.83. The molecule has 0 unspecified atom stereocenters. The fourth-order valence-corrected chi connectivity index (χ4v) is 5.70. The van der Waals surface area contributed by atoms with Crippen LogP contribution < -0.4 is 0 Å². The Kier molecular flexibility index (Phi) is 5.48. The highest BCUT2D eigenvalue weighted by molar-refractivity contribution is 14.1. The van der Waals surface area contributed by atoms with Gasteiger partial charge in [0.15, 0.2) is 0 Å². The minimum Gasteiger partial charge on any atom is -0.477 e. The normalized spacial score (nSPS) is 26.6. The molecule has 126 valence electrons. The van der Waals surface area contributed by atoms with Crippen LogP contribution in [0.1, 0.15) is 54.3 Å². The van der Waals surface area contributed by atoms with Crippen LogP contribution >= 0.6 is 33.9 Å². The van der Waals surface area contributed by atoms with Crippen LogP contribution in [0.4, 0.5) is 0 Å². The number of likely N-dealkylation sites (N-methyl/N-ethyl adjacent to an activating group) is 1. The van der Waals surface area contributed by atoms with E-state index in [4.69, 9.17) is 0 Å². The second-order valence-electron chi connectivity index (χ2n) is 7.05. The van der Waals surface area contributed by atoms with E-state index in [2.05, 4.69) is 47.5 Å². The number of thiophene rings is 1. The third kappa shape index (κ3) is 3.82. The van der Waals surface area contributed by atoms with E-state index in [-0.39, 0.29) is 0 Å². The molecule has 1 aliphatic heterocycles. The smallest absolute Gasteiger partial charge is 0.346 e. The number of carbonyl (C=O) groups is 1. The first-order chi connectivity index (χ1) is 11.0. The predicted molar refractivity (Wildman–Crippen MR) is 104 cm³/mol. The van der Waals surface area contributed by atoms with Crippen LogP contribution in [0.25, 0.3) is 5.57 Å². The molecular weight excluding hydrogens is 421 g/mol. The van der Waals surface area contributed by atoms with Crippen LogP contribution in [-0.4, -0.2) is 36.1 Å². The van der Waals surface area contributed by atoms with E-state index in [1.165, 1.54) is 42.6 Å². The monoisotopic (exact) mass is 445 g/mol. The van der Waals surface area contributed by atoms with Crippen molar-refractivity contribution in [1.82, 2.24) is 4.90 Å². The van der Waals surface area contributed by atoms with Crippen molar-refractivity contribution in [3.05, 3.63) is 25.0 Å². The SMILES string of the molecule is CC1CCC(C2=C(c3cc(I)sc3C(=O)O)CN(C)CC2)CC1. The van der Waals surface area contributed by atoms with Crippen molar-refractivity contribution >= 4 is 45.5 Å². The highest BCUT2D eigenvalue weighted by Crippen LogP contribution is 2.41. The van der Waals surface area contributed by atoms with Gasteiger partial charge in [0.05, 0.1) is 2.88 Å². The molecule has 0 atom stereocenters. The van der Waals surface area contributed by atoms with Gasteiger partial charge in [-0.3, -0.25) is 0 Å². The molecule has 0 saturated heterocycles. The van der Waals surface area contributed by atoms with Crippen LogP contribution in [-0.2, 0) is 0 Å². The molecule has 1 saturated carbocycles. The maximum absolute atomic E-state index is 11.7. The summed E-state index contributed by atoms with van der Waals surface area (Å²) in [5.74, 6) is 0.720. The molecule has 2 heterocycles. The summed E-state index contributed by atoms with van der Waals surface area (Å²) in [4.78, 5) is 14.5. The van der Waals surface area contributed by atoms with Gasteiger partial charge in [-0.05, 0) is 72.4 Å². The molecule has 3 nitrogen and oxygen atoms in total. The van der Waals surface area contributed by atoms with Crippen molar-refractivity contribution in [2.24, 2.45) is 11.8 Å². The van der Waals surface area contributed by atoms with Crippen LogP contribution in [0.2, 0.25) is 0 Å². The van der Waals surface area contributed by atoms with E-state index in [0.29, 0.717) is 10.8 Å². The Hall–Kier alpha value is -0.400. The molecule has 0 spiro atoms. The minimum absolute atomic E-state index is 0.515. The van der Waals surface area contributed by atoms with Crippen LogP contribution in [0, 0.1) is 14.7 Å². The summed E-state index contributed by atoms with van der Waals surface area (Å²) in [7, 11) is 2.14. The first-order valence-electron chi connectivity index (χ1n) is 8.39. The lowest BCUT2D eigenvalue weighted by molar-refractivity contribution is 0.0702. The lowest BCUT2D eigenvalue weighted by Gasteiger charge is -2.35. The van der Waals surface area contributed by atoms with E-state index in [9.17, 15) is 9.90 Å². The number of aromatic carboxylic acids is 1. The Morgan fingerprint density at radius 2 is 2.04 bits per heavy atom. The number of rotatable bonds is 3. The Morgan fingerprint density at radius 1 is 1.35 bits per heavy atom. The van der Waals surface area contributed by atoms with Crippen LogP contribution in [0.5, 0.6) is 0 Å². The molecule has 0 radical (unpaired) electrons. The summed E-state index contributed by atoms with van der Waals surface area (Å²) in [6, 6.07) is 2.08. The van der Waals surface area contributed by atoms with Crippen molar-refractivity contribution in [2.75, 3.05) is 20.1 Å². The van der Waals surface area contributed by atoms with Crippen molar-refractivity contribution < 1.29 is 9.90 Å². The molecule has 1 N–H and O–H groups in total. The molecule has 23 heavy (non-hydrogen) atoms. The van der Waals surface area contributed by atoms with Gasteiger partial charge >= 0.3 is 5.97 Å². The number of halogens is 1. The van der Waals surface area contributed by atoms with Crippen molar-refractivity contribution in [2.45, 2.75) is 39.0 Å². The Balaban J connectivity index is 2.02. The van der Waals surface area contributed by atoms with Gasteiger partial charge in [0, 0.05) is 18.7 Å². The number of carboxylic acids is 1. The third-order valence-corrected chi connectivity index (χ3v) is 7.19. The van der Waals surface area contributed by atoms with Crippen molar-refractivity contribution in [3.8, 4) is 0 Å². The summed E-state index contributed by atoms with van der Waals surface area (Å²) in [5, 5.41) is 9.58. The molecule has 2 aliphatic rings. The molecular formula is C18H24INO2S. The minimum atomic E-state index is -0.787. The number of hydrogen-bond acceptors (Lipinski definition) is 3. The van der Waals surface area contributed by atoms with Gasteiger partial charge in [0.25, 0.3) is 0 Å². The first-order valence-corrected chi connectivity index (χ1v) is 10.3. The van der Waals surface area contributed by atoms with E-state index < -0.39 is 5.97 Å². The zero-order chi connectivity index (χ0) is 16.6. The van der Waals surface area contributed by atoms with E-state index in [1.807, 2.05) is 0 Å². The second-order valence-corrected chi connectivity index (χ2v) is 9.99. The van der Waals surface area contributed by atoms with Gasteiger partial charge in [-0.2, -0.15) is 0 Å². The molecule has 3 rings (SSSR count). The molecule has 0 amide bonds. The highest BCUT2D eigenvalue weighted by atomic mass is 127. The van der Waals surface area contributed by atoms with Gasteiger partial charge < -0.3 is 10.0 Å². The number of nitrogens with zero attached hydrogens (tertiary/aromatic N) is 1. The average molecular weight is 445 g/mol. The van der Waals surface area contributed by atoms with Gasteiger partial charge in [-0.1, -0.05) is 25.3 Å². The largest absolute Gasteiger partial charge is 0.477 e. The van der Waals surface area contributed by atoms with Crippen molar-refractivity contribution in [1.29, 1.82) is 0 Å². The standard InChI is InChI=1S/C18H24INO2S/c1-11-3-5-12(6-4-11)13-7-8-20(2)10-15(13)14-9-16(19)23-17(14)18(21)22/h9,11-12H,3-8,10H2,1-2H3,(H,21,22). The summed E-state index contributed by atoms with van der Waals surface area (Å²) in [6.07, 6.45) is 6.26. The van der Waals surface area contributed by atoms with Crippen LogP contribution in [0.15, 0.2) is 11.6 Å². The topological polar surface area (TPSA) is 40.5 Å². The van der Waals surface area contributed by atoms with E-state index in [1.54, 1.807) is 5.57 Å². The van der Waals surface area contributed by atoms with Gasteiger partial charge in [-0.25, -0.2) is 4.79 Å². The summed E-state index contributed by atoms with van der Waals surface area (Å²) < 4.78 is 1.06. The zero-order valence-corrected chi connectivity index (χ0v) is 16.7. The molecule has 1 aliphatic carbocycles. The second kappa shape index (κ2) is 7.23. The predicted octanol–water partition coefficient (Wildman–Crippen LogP) is 4.97. The Labute approximate surface area is 155 Å². The summed E-state index contributed by atoms with van der Waals surface area (Å²) in [6.45, 7) is 4.33. The summed E-state index contributed by atoms with van der Waals surface area (Å²) >= 11 is 3.65. The molecule has 0 aromatic carbocycles. The molecule has 1 aromatic heterocycles. The van der Waals surface area contributed by atoms with Gasteiger partial charge in [0.1, 0.15) is 4.88 Å². The number of carboxylic acid groups (broad SMARTS) is 1. The number of hydrogen-bond donors (Lipinski definition) is 1. The lowest BCUT2D eigenvalue weighted by atomic mass is 9.75. The van der Waals surface area contributed by atoms with Crippen LogP contribution in [0.3, 0.4) is 0 Å². The molecule has 0 bridgehead atoms. The third-order valence-electron chi connectivity index (χ3n) is 5.31. The Morgan fingerprint density at radius 3 is 2.70 bits per heavy atom. The van der Waals surface area contributed by atoms with Gasteiger partial charge in [0.2, 0.25) is 0 Å². The van der Waals surface area contributed by atoms with E-state index in [0.717, 1.165) is 33.9 Å². The Bertz CT molecular complexity index is 629. The first kappa shape index (κ1) is 17.4. The fourth-order valence-electron chi connectivity index (χ4n) is 3.97. The maximum Gasteiger partial charge on any atom is 0.346 e. The maximum atomic E-state index is 11.7. The fraction of sp³-hybridized carbons (Fsp3) is 0.611. The molecule has 5 heteroatoms. The quantitative estimate of drug-likeness (QED) is 0.669. The van der Waals surface area contributed by atoms with Crippen molar-refractivity contribution in [3.63, 3.8) is 0 Å².